The van der Waals surface area contributed by atoms with Gasteiger partial charge in [-0.15, -0.1) is 11.8 Å². The van der Waals surface area contributed by atoms with Crippen molar-refractivity contribution >= 4 is 29.4 Å². The number of aromatic nitrogens is 2. The zero-order valence-electron chi connectivity index (χ0n) is 22.4. The molecule has 0 saturated carbocycles. The van der Waals surface area contributed by atoms with Crippen LogP contribution in [0.3, 0.4) is 0 Å². The van der Waals surface area contributed by atoms with Gasteiger partial charge in [0.25, 0.3) is 0 Å². The van der Waals surface area contributed by atoms with Gasteiger partial charge in [-0.25, -0.2) is 9.07 Å². The monoisotopic (exact) mass is 546 g/mol. The average Bonchev–Trinajstić information content (AvgIpc) is 3.53. The van der Waals surface area contributed by atoms with Gasteiger partial charge in [0.2, 0.25) is 11.8 Å². The van der Waals surface area contributed by atoms with Crippen molar-refractivity contribution in [2.45, 2.75) is 44.9 Å². The number of nitrogens with one attached hydrogen (secondary N) is 1. The zero-order chi connectivity index (χ0) is 27.7. The summed E-state index contributed by atoms with van der Waals surface area (Å²) in [5.74, 6) is 0.300. The quantitative estimate of drug-likeness (QED) is 0.336. The summed E-state index contributed by atoms with van der Waals surface area (Å²) in [4.78, 5) is 28.3. The van der Waals surface area contributed by atoms with E-state index in [4.69, 9.17) is 9.52 Å². The number of furan rings is 1. The van der Waals surface area contributed by atoms with Gasteiger partial charge in [0.1, 0.15) is 23.9 Å². The molecule has 0 saturated heterocycles. The summed E-state index contributed by atoms with van der Waals surface area (Å²) >= 11 is 1.52. The van der Waals surface area contributed by atoms with Gasteiger partial charge in [-0.05, 0) is 48.4 Å². The van der Waals surface area contributed by atoms with E-state index in [0.717, 1.165) is 22.4 Å². The number of rotatable bonds is 6. The van der Waals surface area contributed by atoms with E-state index in [1.807, 2.05) is 12.1 Å². The first-order chi connectivity index (χ1) is 18.6. The van der Waals surface area contributed by atoms with Crippen LogP contribution in [0.2, 0.25) is 0 Å². The highest BCUT2D eigenvalue weighted by Gasteiger charge is 2.40. The fraction of sp³-hybridized carbons (Fsp3) is 0.300. The minimum absolute atomic E-state index is 0.172. The lowest BCUT2D eigenvalue weighted by Crippen LogP contribution is -2.42. The summed E-state index contributed by atoms with van der Waals surface area (Å²) in [5, 5.41) is 7.62. The highest BCUT2D eigenvalue weighted by Crippen LogP contribution is 2.49. The molecule has 0 fully saturated rings. The van der Waals surface area contributed by atoms with Crippen LogP contribution in [-0.4, -0.2) is 33.9 Å². The van der Waals surface area contributed by atoms with Gasteiger partial charge in [0.15, 0.2) is 0 Å². The second-order valence-electron chi connectivity index (χ2n) is 10.6. The van der Waals surface area contributed by atoms with Crippen LogP contribution in [0.15, 0.2) is 71.3 Å². The van der Waals surface area contributed by atoms with Crippen molar-refractivity contribution in [2.75, 3.05) is 17.2 Å². The molecule has 4 aromatic rings. The number of halogens is 1. The number of nitrogens with zero attached hydrogens (tertiary/aromatic N) is 3. The summed E-state index contributed by atoms with van der Waals surface area (Å²) in [7, 11) is 0. The van der Waals surface area contributed by atoms with Crippen LogP contribution in [-0.2, 0) is 21.5 Å². The molecule has 0 aliphatic carbocycles. The molecular formula is C30H31FN4O3S. The first-order valence-corrected chi connectivity index (χ1v) is 13.8. The molecule has 5 rings (SSSR count). The Kier molecular flexibility index (Phi) is 7.36. The van der Waals surface area contributed by atoms with Crippen LogP contribution in [0, 0.1) is 12.7 Å². The topological polar surface area (TPSA) is 80.4 Å². The number of hydrogen-bond acceptors (Lipinski definition) is 5. The van der Waals surface area contributed by atoms with E-state index in [-0.39, 0.29) is 35.9 Å². The van der Waals surface area contributed by atoms with E-state index in [0.29, 0.717) is 17.3 Å². The fourth-order valence-corrected chi connectivity index (χ4v) is 6.08. The molecule has 2 aromatic heterocycles. The summed E-state index contributed by atoms with van der Waals surface area (Å²) in [5.41, 5.74) is 3.89. The second kappa shape index (κ2) is 10.7. The Labute approximate surface area is 231 Å². The molecule has 1 atom stereocenters. The highest BCUT2D eigenvalue weighted by molar-refractivity contribution is 8.00. The van der Waals surface area contributed by atoms with Crippen LogP contribution in [0.1, 0.15) is 54.2 Å². The predicted molar refractivity (Wildman–Crippen MR) is 151 cm³/mol. The first-order valence-electron chi connectivity index (χ1n) is 12.8. The number of aryl methyl sites for hydroxylation is 1. The number of amides is 2. The molecule has 7 nitrogen and oxygen atoms in total. The molecule has 1 aliphatic rings. The molecule has 0 radical (unpaired) electrons. The Balaban J connectivity index is 1.69. The smallest absolute Gasteiger partial charge is 0.240 e. The van der Waals surface area contributed by atoms with Crippen LogP contribution in [0.5, 0.6) is 0 Å². The number of thioether (sulfide) groups is 1. The molecule has 0 spiro atoms. The van der Waals surface area contributed by atoms with Crippen molar-refractivity contribution in [1.29, 1.82) is 0 Å². The Morgan fingerprint density at radius 2 is 1.95 bits per heavy atom. The molecule has 202 valence electrons. The van der Waals surface area contributed by atoms with E-state index >= 15 is 0 Å². The van der Waals surface area contributed by atoms with Crippen LogP contribution in [0.25, 0.3) is 5.69 Å². The first kappa shape index (κ1) is 26.7. The maximum absolute atomic E-state index is 14.4. The number of carbonyl (C=O) groups is 2. The van der Waals surface area contributed by atoms with Gasteiger partial charge >= 0.3 is 0 Å². The van der Waals surface area contributed by atoms with Crippen molar-refractivity contribution in [3.8, 4) is 5.69 Å². The zero-order valence-corrected chi connectivity index (χ0v) is 23.2. The summed E-state index contributed by atoms with van der Waals surface area (Å²) in [6.45, 7) is 8.25. The van der Waals surface area contributed by atoms with Gasteiger partial charge in [0, 0.05) is 11.0 Å². The van der Waals surface area contributed by atoms with Gasteiger partial charge in [-0.3, -0.25) is 14.5 Å². The summed E-state index contributed by atoms with van der Waals surface area (Å²) in [6, 6.07) is 17.7. The van der Waals surface area contributed by atoms with Crippen LogP contribution in [0.4, 0.5) is 10.2 Å². The molecule has 2 amide bonds. The summed E-state index contributed by atoms with van der Waals surface area (Å²) < 4.78 is 21.4. The molecular weight excluding hydrogens is 515 g/mol. The fourth-order valence-electron chi connectivity index (χ4n) is 4.79. The van der Waals surface area contributed by atoms with E-state index in [1.54, 1.807) is 35.2 Å². The maximum Gasteiger partial charge on any atom is 0.240 e. The Hall–Kier alpha value is -3.85. The van der Waals surface area contributed by atoms with Crippen molar-refractivity contribution in [1.82, 2.24) is 15.1 Å². The highest BCUT2D eigenvalue weighted by atomic mass is 32.2. The Morgan fingerprint density at radius 1 is 1.15 bits per heavy atom. The molecule has 9 heteroatoms. The third-order valence-corrected chi connectivity index (χ3v) is 7.90. The third-order valence-electron chi connectivity index (χ3n) is 6.66. The number of anilines is 1. The lowest BCUT2D eigenvalue weighted by atomic mass is 9.86. The third kappa shape index (κ3) is 5.49. The van der Waals surface area contributed by atoms with Crippen LogP contribution < -0.4 is 10.2 Å². The Morgan fingerprint density at radius 3 is 2.64 bits per heavy atom. The number of fused-ring (bicyclic) bond motifs is 1. The van der Waals surface area contributed by atoms with Gasteiger partial charge in [0.05, 0.1) is 35.2 Å². The minimum atomic E-state index is -0.415. The number of benzene rings is 2. The van der Waals surface area contributed by atoms with E-state index in [9.17, 15) is 14.0 Å². The molecule has 2 aromatic carbocycles. The Bertz CT molecular complexity index is 1510. The van der Waals surface area contributed by atoms with E-state index in [1.165, 1.54) is 28.8 Å². The van der Waals surface area contributed by atoms with Gasteiger partial charge in [-0.1, -0.05) is 51.1 Å². The SMILES string of the molecule is Cc1ccccc1[C@@H]1SCC(=O)N(CC(=O)NCc2ccco2)c2c1c(C(C)(C)C)nn2-c1cccc(F)c1. The van der Waals surface area contributed by atoms with Gasteiger partial charge < -0.3 is 9.73 Å². The number of hydrogen-bond donors (Lipinski definition) is 1. The average molecular weight is 547 g/mol. The maximum atomic E-state index is 14.4. The van der Waals surface area contributed by atoms with E-state index < -0.39 is 11.2 Å². The van der Waals surface area contributed by atoms with Gasteiger partial charge in [-0.2, -0.15) is 5.10 Å². The standard InChI is InChI=1S/C30H31FN4O3S/c1-19-9-5-6-13-23(19)27-26-28(30(2,3)4)33-35(21-11-7-10-20(31)15-21)29(26)34(25(37)18-39-27)17-24(36)32-16-22-12-8-14-38-22/h5-15,27H,16-18H2,1-4H3,(H,32,36)/t27-/m0/s1. The van der Waals surface area contributed by atoms with E-state index in [2.05, 4.69) is 45.1 Å². The predicted octanol–water partition coefficient (Wildman–Crippen LogP) is 5.70. The van der Waals surface area contributed by atoms with Crippen molar-refractivity contribution in [2.24, 2.45) is 0 Å². The molecule has 3 heterocycles. The van der Waals surface area contributed by atoms with Crippen molar-refractivity contribution in [3.63, 3.8) is 0 Å². The minimum Gasteiger partial charge on any atom is -0.467 e. The second-order valence-corrected chi connectivity index (χ2v) is 11.7. The van der Waals surface area contributed by atoms with Crippen LogP contribution >= 0.6 is 11.8 Å². The molecule has 0 bridgehead atoms. The van der Waals surface area contributed by atoms with Crippen molar-refractivity contribution < 1.29 is 18.4 Å². The lowest BCUT2D eigenvalue weighted by Gasteiger charge is -2.25. The largest absolute Gasteiger partial charge is 0.467 e. The van der Waals surface area contributed by atoms with Crippen molar-refractivity contribution in [3.05, 3.63) is 101 Å². The molecule has 39 heavy (non-hydrogen) atoms. The lowest BCUT2D eigenvalue weighted by molar-refractivity contribution is -0.123. The normalized spacial score (nSPS) is 15.7. The summed E-state index contributed by atoms with van der Waals surface area (Å²) in [6.07, 6.45) is 1.54. The molecule has 1 aliphatic heterocycles. The molecule has 0 unspecified atom stereocenters. The molecule has 1 N–H and O–H groups in total. The number of carbonyl (C=O) groups excluding carboxylic acids is 2.